The van der Waals surface area contributed by atoms with Gasteiger partial charge in [-0.25, -0.2) is 9.59 Å². The van der Waals surface area contributed by atoms with E-state index in [9.17, 15) is 19.5 Å². The summed E-state index contributed by atoms with van der Waals surface area (Å²) in [6, 6.07) is 7.03. The Balaban J connectivity index is 1.97. The molecule has 29 heavy (non-hydrogen) atoms. The molecule has 1 aromatic carbocycles. The maximum atomic E-state index is 12.7. The van der Waals surface area contributed by atoms with Crippen LogP contribution in [0, 0.1) is 5.92 Å². The number of nitrogens with one attached hydrogen (secondary N) is 2. The molecule has 2 rings (SSSR count). The number of rotatable bonds is 8. The van der Waals surface area contributed by atoms with E-state index in [2.05, 4.69) is 10.6 Å². The Kier molecular flexibility index (Phi) is 8.92. The highest BCUT2D eigenvalue weighted by atomic mass is 16.5. The number of carbonyl (C=O) groups excluding carboxylic acids is 3. The highest BCUT2D eigenvalue weighted by Gasteiger charge is 2.35. The Labute approximate surface area is 171 Å². The van der Waals surface area contributed by atoms with Crippen LogP contribution in [0.15, 0.2) is 30.3 Å². The van der Waals surface area contributed by atoms with Crippen LogP contribution in [-0.4, -0.2) is 48.4 Å². The number of aliphatic hydroxyl groups is 1. The van der Waals surface area contributed by atoms with Gasteiger partial charge in [0.05, 0.1) is 13.2 Å². The maximum Gasteiger partial charge on any atom is 0.408 e. The van der Waals surface area contributed by atoms with Gasteiger partial charge >= 0.3 is 12.1 Å². The fourth-order valence-electron chi connectivity index (χ4n) is 3.50. The van der Waals surface area contributed by atoms with Crippen LogP contribution >= 0.6 is 0 Å². The van der Waals surface area contributed by atoms with Crippen LogP contribution in [-0.2, 0) is 25.7 Å². The van der Waals surface area contributed by atoms with Crippen LogP contribution < -0.4 is 10.6 Å². The Morgan fingerprint density at radius 3 is 2.34 bits per heavy atom. The van der Waals surface area contributed by atoms with E-state index in [4.69, 9.17) is 9.47 Å². The monoisotopic (exact) mass is 406 g/mol. The van der Waals surface area contributed by atoms with Crippen molar-refractivity contribution in [3.05, 3.63) is 35.9 Å². The minimum absolute atomic E-state index is 0.0279. The van der Waals surface area contributed by atoms with Gasteiger partial charge in [0.1, 0.15) is 18.7 Å². The van der Waals surface area contributed by atoms with Gasteiger partial charge in [-0.2, -0.15) is 0 Å². The van der Waals surface area contributed by atoms with Gasteiger partial charge in [0.2, 0.25) is 5.91 Å². The van der Waals surface area contributed by atoms with Gasteiger partial charge in [-0.05, 0) is 31.2 Å². The van der Waals surface area contributed by atoms with E-state index < -0.39 is 36.2 Å². The van der Waals surface area contributed by atoms with E-state index in [0.717, 1.165) is 37.7 Å². The molecule has 160 valence electrons. The van der Waals surface area contributed by atoms with E-state index in [1.807, 2.05) is 18.2 Å². The number of esters is 1. The van der Waals surface area contributed by atoms with Gasteiger partial charge in [-0.3, -0.25) is 4.79 Å². The van der Waals surface area contributed by atoms with E-state index in [0.29, 0.717) is 0 Å². The summed E-state index contributed by atoms with van der Waals surface area (Å²) < 4.78 is 9.96. The topological polar surface area (TPSA) is 114 Å². The lowest BCUT2D eigenvalue weighted by atomic mass is 9.83. The molecule has 0 spiro atoms. The molecule has 1 aliphatic rings. The second-order valence-electron chi connectivity index (χ2n) is 7.33. The van der Waals surface area contributed by atoms with Gasteiger partial charge in [-0.1, -0.05) is 49.6 Å². The zero-order valence-corrected chi connectivity index (χ0v) is 16.9. The van der Waals surface area contributed by atoms with E-state index in [-0.39, 0.29) is 12.5 Å². The fraction of sp³-hybridized carbons (Fsp3) is 0.571. The number of carbonyl (C=O) groups is 3. The summed E-state index contributed by atoms with van der Waals surface area (Å²) in [5, 5.41) is 15.0. The van der Waals surface area contributed by atoms with Crippen molar-refractivity contribution in [2.75, 3.05) is 7.11 Å². The molecule has 2 amide bonds. The lowest BCUT2D eigenvalue weighted by molar-refractivity contribution is -0.147. The molecule has 0 aliphatic heterocycles. The maximum absolute atomic E-state index is 12.7. The summed E-state index contributed by atoms with van der Waals surface area (Å²) in [6.45, 7) is 1.42. The van der Waals surface area contributed by atoms with Crippen molar-refractivity contribution < 1.29 is 29.0 Å². The molecule has 0 bridgehead atoms. The predicted molar refractivity (Wildman–Crippen MR) is 106 cm³/mol. The van der Waals surface area contributed by atoms with Crippen LogP contribution in [0.5, 0.6) is 0 Å². The molecule has 1 fully saturated rings. The van der Waals surface area contributed by atoms with E-state index in [1.54, 1.807) is 12.1 Å². The van der Waals surface area contributed by atoms with Crippen LogP contribution in [0.3, 0.4) is 0 Å². The third kappa shape index (κ3) is 7.05. The normalized spacial score (nSPS) is 17.5. The van der Waals surface area contributed by atoms with Gasteiger partial charge in [-0.15, -0.1) is 0 Å². The molecule has 8 heteroatoms. The second-order valence-corrected chi connectivity index (χ2v) is 7.33. The number of hydrogen-bond acceptors (Lipinski definition) is 6. The molecular weight excluding hydrogens is 376 g/mol. The summed E-state index contributed by atoms with van der Waals surface area (Å²) in [7, 11) is 1.27. The van der Waals surface area contributed by atoms with Crippen molar-refractivity contribution in [2.45, 2.75) is 63.8 Å². The minimum Gasteiger partial charge on any atom is -0.467 e. The van der Waals surface area contributed by atoms with E-state index in [1.165, 1.54) is 14.0 Å². The highest BCUT2D eigenvalue weighted by molar-refractivity contribution is 5.90. The predicted octanol–water partition coefficient (Wildman–Crippen LogP) is 1.90. The first-order valence-corrected chi connectivity index (χ1v) is 9.96. The zero-order chi connectivity index (χ0) is 21.2. The first-order valence-electron chi connectivity index (χ1n) is 9.96. The Morgan fingerprint density at radius 2 is 1.76 bits per heavy atom. The van der Waals surface area contributed by atoms with Crippen LogP contribution in [0.2, 0.25) is 0 Å². The lowest BCUT2D eigenvalue weighted by Gasteiger charge is -2.30. The average molecular weight is 406 g/mol. The molecule has 1 aromatic rings. The Morgan fingerprint density at radius 1 is 1.10 bits per heavy atom. The summed E-state index contributed by atoms with van der Waals surface area (Å²) >= 11 is 0. The van der Waals surface area contributed by atoms with Crippen LogP contribution in [0.1, 0.15) is 44.6 Å². The molecule has 0 heterocycles. The molecule has 3 N–H and O–H groups in total. The third-order valence-electron chi connectivity index (χ3n) is 5.13. The zero-order valence-electron chi connectivity index (χ0n) is 16.9. The summed E-state index contributed by atoms with van der Waals surface area (Å²) in [6.07, 6.45) is 2.68. The van der Waals surface area contributed by atoms with Crippen molar-refractivity contribution in [2.24, 2.45) is 5.92 Å². The van der Waals surface area contributed by atoms with Crippen LogP contribution in [0.4, 0.5) is 4.79 Å². The van der Waals surface area contributed by atoms with Crippen molar-refractivity contribution in [1.29, 1.82) is 0 Å². The first kappa shape index (κ1) is 22.7. The molecule has 1 aliphatic carbocycles. The minimum atomic E-state index is -1.26. The highest BCUT2D eigenvalue weighted by Crippen LogP contribution is 2.27. The largest absolute Gasteiger partial charge is 0.467 e. The Hall–Kier alpha value is -2.61. The average Bonchev–Trinajstić information content (AvgIpc) is 2.74. The van der Waals surface area contributed by atoms with Crippen molar-refractivity contribution in [1.82, 2.24) is 10.6 Å². The molecular formula is C21H30N2O6. The molecule has 0 aromatic heterocycles. The standard InChI is InChI=1S/C21H30N2O6/c1-14(24)17(23-21(27)29-13-15-9-5-3-6-10-15)19(25)22-18(20(26)28-2)16-11-7-4-8-12-16/h3,5-6,9-10,14,16-18,24H,4,7-8,11-13H2,1-2H3,(H,22,25)(H,23,27)/t14-,17+,18-/m1/s1. The first-order chi connectivity index (χ1) is 13.9. The Bertz CT molecular complexity index is 673. The van der Waals surface area contributed by atoms with Gasteiger partial charge in [0.15, 0.2) is 0 Å². The molecule has 3 atom stereocenters. The van der Waals surface area contributed by atoms with E-state index >= 15 is 0 Å². The van der Waals surface area contributed by atoms with Gasteiger partial charge < -0.3 is 25.2 Å². The SMILES string of the molecule is COC(=O)[C@H](NC(=O)[C@@H](NC(=O)OCc1ccccc1)[C@@H](C)O)C1CCCCC1. The molecule has 0 radical (unpaired) electrons. The molecule has 8 nitrogen and oxygen atoms in total. The number of alkyl carbamates (subject to hydrolysis) is 1. The van der Waals surface area contributed by atoms with Crippen molar-refractivity contribution in [3.8, 4) is 0 Å². The summed E-state index contributed by atoms with van der Waals surface area (Å²) in [5.41, 5.74) is 0.795. The summed E-state index contributed by atoms with van der Waals surface area (Å²) in [4.78, 5) is 37.0. The van der Waals surface area contributed by atoms with Crippen LogP contribution in [0.25, 0.3) is 0 Å². The second kappa shape index (κ2) is 11.4. The quantitative estimate of drug-likeness (QED) is 0.568. The molecule has 0 saturated heterocycles. The summed E-state index contributed by atoms with van der Waals surface area (Å²) in [5.74, 6) is -1.21. The number of ether oxygens (including phenoxy) is 2. The third-order valence-corrected chi connectivity index (χ3v) is 5.13. The van der Waals surface area contributed by atoms with Crippen molar-refractivity contribution in [3.63, 3.8) is 0 Å². The number of hydrogen-bond donors (Lipinski definition) is 3. The van der Waals surface area contributed by atoms with Crippen molar-refractivity contribution >= 4 is 18.0 Å². The smallest absolute Gasteiger partial charge is 0.408 e. The number of amides is 2. The van der Waals surface area contributed by atoms with Gasteiger partial charge in [0.25, 0.3) is 0 Å². The number of benzene rings is 1. The molecule has 0 unspecified atom stereocenters. The molecule has 1 saturated carbocycles. The lowest BCUT2D eigenvalue weighted by Crippen LogP contribution is -2.57. The number of methoxy groups -OCH3 is 1. The number of aliphatic hydroxyl groups excluding tert-OH is 1. The van der Waals surface area contributed by atoms with Gasteiger partial charge in [0, 0.05) is 0 Å². The fourth-order valence-corrected chi connectivity index (χ4v) is 3.50.